The molecule has 9 aromatic heterocycles. The van der Waals surface area contributed by atoms with Crippen molar-refractivity contribution >= 4 is 30.0 Å². The third-order valence-electron chi connectivity index (χ3n) is 12.2. The minimum absolute atomic E-state index is 0.366. The van der Waals surface area contributed by atoms with E-state index in [4.69, 9.17) is 19.9 Å². The van der Waals surface area contributed by atoms with Gasteiger partial charge in [0.05, 0.1) is 17.1 Å². The van der Waals surface area contributed by atoms with Crippen LogP contribution in [-0.4, -0.2) is 74.2 Å². The molecule has 11 rings (SSSR count). The first-order valence-corrected chi connectivity index (χ1v) is 19.6. The van der Waals surface area contributed by atoms with Gasteiger partial charge in [-0.05, 0) is 103 Å². The molecule has 0 spiro atoms. The number of pyridine rings is 1. The van der Waals surface area contributed by atoms with Gasteiger partial charge in [0.15, 0.2) is 17.1 Å². The summed E-state index contributed by atoms with van der Waals surface area (Å²) < 4.78 is 0. The third kappa shape index (κ3) is 4.26. The van der Waals surface area contributed by atoms with E-state index in [2.05, 4.69) is 68.1 Å². The number of anilines is 2. The molecule has 15 nitrogen and oxygen atoms in total. The van der Waals surface area contributed by atoms with Crippen LogP contribution in [0.15, 0.2) is 181 Å². The highest BCUT2D eigenvalue weighted by Gasteiger charge is 2.87. The number of carbonyl (C=O) groups excluding carboxylic acids is 1. The van der Waals surface area contributed by atoms with Crippen molar-refractivity contribution in [2.45, 2.75) is 27.9 Å². The quantitative estimate of drug-likeness (QED) is 0.0852. The maximum absolute atomic E-state index is 15.4. The van der Waals surface area contributed by atoms with E-state index in [0.717, 1.165) is 17.1 Å². The van der Waals surface area contributed by atoms with Crippen LogP contribution in [0.2, 0.25) is 0 Å². The lowest BCUT2D eigenvalue weighted by Gasteiger charge is -2.74. The summed E-state index contributed by atoms with van der Waals surface area (Å²) in [4.78, 5) is 67.1. The number of amides is 1. The predicted octanol–water partition coefficient (Wildman–Crippen LogP) is 6.27. The van der Waals surface area contributed by atoms with E-state index < -0.39 is 33.9 Å². The van der Waals surface area contributed by atoms with Crippen LogP contribution in [0.25, 0.3) is 0 Å². The fourth-order valence-electron chi connectivity index (χ4n) is 10.5. The summed E-state index contributed by atoms with van der Waals surface area (Å²) in [5.41, 5.74) is -2.36. The lowest BCUT2D eigenvalue weighted by molar-refractivity contribution is -0.123. The summed E-state index contributed by atoms with van der Waals surface area (Å²) in [6.07, 6.45) is 21.6. The smallest absolute Gasteiger partial charge is 0.273 e. The Hall–Kier alpha value is -8.20. The van der Waals surface area contributed by atoms with Crippen molar-refractivity contribution in [3.63, 3.8) is 0 Å². The molecule has 0 saturated carbocycles. The molecule has 0 radical (unpaired) electrons. The van der Waals surface area contributed by atoms with Crippen molar-refractivity contribution in [2.24, 2.45) is 9.98 Å². The van der Waals surface area contributed by atoms with Gasteiger partial charge in [0.25, 0.3) is 5.91 Å². The Morgan fingerprint density at radius 1 is 0.467 bits per heavy atom. The zero-order valence-electron chi connectivity index (χ0n) is 31.9. The first kappa shape index (κ1) is 35.0. The van der Waals surface area contributed by atoms with Crippen molar-refractivity contribution in [1.29, 1.82) is 0 Å². The molecule has 15 heteroatoms. The van der Waals surface area contributed by atoms with Crippen molar-refractivity contribution in [3.8, 4) is 0 Å². The van der Waals surface area contributed by atoms with E-state index in [-0.39, 0.29) is 0 Å². The highest BCUT2D eigenvalue weighted by molar-refractivity contribution is 6.21. The average molecular weight is 791 g/mol. The van der Waals surface area contributed by atoms with Crippen molar-refractivity contribution in [3.05, 3.63) is 211 Å². The number of hydrogen-bond acceptors (Lipinski definition) is 7. The van der Waals surface area contributed by atoms with Crippen LogP contribution in [0.1, 0.15) is 40.0 Å². The molecule has 0 aromatic carbocycles. The Morgan fingerprint density at radius 3 is 1.50 bits per heavy atom. The number of rotatable bonds is 10. The van der Waals surface area contributed by atoms with Crippen LogP contribution in [-0.2, 0) is 26.7 Å². The van der Waals surface area contributed by atoms with Gasteiger partial charge >= 0.3 is 0 Å². The molecular formula is C45H38N14O. The van der Waals surface area contributed by atoms with E-state index in [1.807, 2.05) is 128 Å². The fraction of sp³-hybridized carbons (Fsp3) is 0.111. The SMILES string of the molecule is O=C1N=CC=NC1C1(c2ccc[nH]2)N(c2ccc[nH]2)N(c2ccc[nH]2)C(c2ccc[nH]2)(c2ccc[nH]2)C(c2ccccn2)(c2ccc[nH]2)C1(c1ncccn1)c1ccc[nH]1. The van der Waals surface area contributed by atoms with Crippen molar-refractivity contribution in [2.75, 3.05) is 10.0 Å². The van der Waals surface area contributed by atoms with E-state index >= 15 is 4.79 Å². The van der Waals surface area contributed by atoms with E-state index in [1.165, 1.54) is 6.21 Å². The van der Waals surface area contributed by atoms with Crippen molar-refractivity contribution < 1.29 is 4.79 Å². The second-order valence-electron chi connectivity index (χ2n) is 14.7. The van der Waals surface area contributed by atoms with Gasteiger partial charge in [-0.1, -0.05) is 6.07 Å². The molecule has 1 fully saturated rings. The average Bonchev–Trinajstić information content (AvgIpc) is 4.14. The Kier molecular flexibility index (Phi) is 7.84. The Bertz CT molecular complexity index is 2810. The molecule has 2 aliphatic rings. The Labute approximate surface area is 342 Å². The van der Waals surface area contributed by atoms with Gasteiger partial charge in [0.2, 0.25) is 0 Å². The summed E-state index contributed by atoms with van der Waals surface area (Å²) in [5, 5.41) is 4.40. The first-order chi connectivity index (χ1) is 29.7. The molecule has 294 valence electrons. The number of hydrogen-bond donors (Lipinski definition) is 7. The zero-order chi connectivity index (χ0) is 40.2. The number of H-pyrrole nitrogens is 7. The van der Waals surface area contributed by atoms with Crippen LogP contribution in [0.3, 0.4) is 0 Å². The van der Waals surface area contributed by atoms with Gasteiger partial charge in [-0.25, -0.2) is 20.0 Å². The highest BCUT2D eigenvalue weighted by Crippen LogP contribution is 2.74. The Morgan fingerprint density at radius 2 is 0.983 bits per heavy atom. The number of hydrazine groups is 1. The minimum Gasteiger partial charge on any atom is -0.364 e. The molecule has 9 aromatic rings. The highest BCUT2D eigenvalue weighted by atomic mass is 16.2. The molecule has 7 N–H and O–H groups in total. The normalized spacial score (nSPS) is 23.7. The van der Waals surface area contributed by atoms with Crippen molar-refractivity contribution in [1.82, 2.24) is 49.8 Å². The number of nitrogens with one attached hydrogen (secondary N) is 7. The molecule has 1 amide bonds. The summed E-state index contributed by atoms with van der Waals surface area (Å²) in [7, 11) is 0. The molecule has 4 unspecified atom stereocenters. The number of aromatic nitrogens is 10. The predicted molar refractivity (Wildman–Crippen MR) is 227 cm³/mol. The lowest BCUT2D eigenvalue weighted by atomic mass is 9.39. The molecule has 0 aliphatic carbocycles. The maximum atomic E-state index is 15.4. The Balaban J connectivity index is 1.55. The van der Waals surface area contributed by atoms with E-state index in [0.29, 0.717) is 34.5 Å². The molecular weight excluding hydrogens is 753 g/mol. The molecule has 4 atom stereocenters. The second kappa shape index (κ2) is 13.4. The third-order valence-corrected chi connectivity index (χ3v) is 12.2. The van der Waals surface area contributed by atoms with Gasteiger partial charge in [-0.2, -0.15) is 0 Å². The molecule has 60 heavy (non-hydrogen) atoms. The standard InChI is InChI=1S/C45H38N14O/c60-40-39(54-29-30-55-40)45(36-16-7-24-51-36)43(33-13-4-21-48-33,41-56-27-10-28-57-41)42(32-12-3-20-47-32,31-11-1-2-19-46-31)44(34-14-5-22-49-34,35-15-6-23-50-35)58(37-17-8-25-52-37)59(45)38-18-9-26-53-38/h1-30,39,47-53H. The summed E-state index contributed by atoms with van der Waals surface area (Å²) in [6.45, 7) is 0. The second-order valence-corrected chi connectivity index (χ2v) is 14.7. The first-order valence-electron chi connectivity index (χ1n) is 19.6. The monoisotopic (exact) mass is 790 g/mol. The van der Waals surface area contributed by atoms with E-state index in [9.17, 15) is 0 Å². The molecule has 11 heterocycles. The van der Waals surface area contributed by atoms with Crippen LogP contribution >= 0.6 is 0 Å². The van der Waals surface area contributed by atoms with Crippen LogP contribution in [0.5, 0.6) is 0 Å². The topological polar surface area (TPSA) is 197 Å². The molecule has 2 aliphatic heterocycles. The number of aromatic amines is 7. The van der Waals surface area contributed by atoms with Gasteiger partial charge in [0.1, 0.15) is 28.3 Å². The minimum atomic E-state index is -1.74. The number of carbonyl (C=O) groups is 1. The molecule has 1 saturated heterocycles. The lowest BCUT2D eigenvalue weighted by Crippen LogP contribution is -2.89. The van der Waals surface area contributed by atoms with Crippen LogP contribution < -0.4 is 10.0 Å². The summed E-state index contributed by atoms with van der Waals surface area (Å²) >= 11 is 0. The largest absolute Gasteiger partial charge is 0.364 e. The molecule has 0 bridgehead atoms. The van der Waals surface area contributed by atoms with Crippen LogP contribution in [0.4, 0.5) is 11.6 Å². The summed E-state index contributed by atoms with van der Waals surface area (Å²) in [5.74, 6) is 1.18. The zero-order valence-corrected chi connectivity index (χ0v) is 31.9. The van der Waals surface area contributed by atoms with Gasteiger partial charge < -0.3 is 34.9 Å². The summed E-state index contributed by atoms with van der Waals surface area (Å²) in [6, 6.07) is 34.6. The van der Waals surface area contributed by atoms with E-state index in [1.54, 1.807) is 30.9 Å². The fourth-order valence-corrected chi connectivity index (χ4v) is 10.5. The van der Waals surface area contributed by atoms with Gasteiger partial charge in [0, 0.05) is 91.5 Å². The van der Waals surface area contributed by atoms with Gasteiger partial charge in [-0.3, -0.25) is 19.8 Å². The maximum Gasteiger partial charge on any atom is 0.273 e. The van der Waals surface area contributed by atoms with Crippen LogP contribution in [0, 0.1) is 0 Å². The van der Waals surface area contributed by atoms with Gasteiger partial charge in [-0.15, -0.1) is 0 Å². The number of aliphatic imine (C=N–C) groups is 2. The number of nitrogens with zero attached hydrogens (tertiary/aromatic N) is 7.